The third-order valence-electron chi connectivity index (χ3n) is 1.29. The van der Waals surface area contributed by atoms with Crippen molar-refractivity contribution in [2.75, 3.05) is 7.11 Å². The average molecular weight is 152 g/mol. The monoisotopic (exact) mass is 152 g/mol. The third-order valence-corrected chi connectivity index (χ3v) is 1.29. The molecule has 0 heterocycles. The number of carbonyl (C=O) groups excluding carboxylic acids is 1. The Kier molecular flexibility index (Phi) is 2.11. The molecule has 1 N–H and O–H groups in total. The van der Waals surface area contributed by atoms with E-state index in [0.29, 0.717) is 17.6 Å². The Morgan fingerprint density at radius 1 is 1.45 bits per heavy atom. The summed E-state index contributed by atoms with van der Waals surface area (Å²) in [5, 5.41) is 9.02. The minimum Gasteiger partial charge on any atom is -0.508 e. The summed E-state index contributed by atoms with van der Waals surface area (Å²) in [6.45, 7) is 0. The second-order valence-corrected chi connectivity index (χ2v) is 2.08. The van der Waals surface area contributed by atoms with Gasteiger partial charge in [-0.25, -0.2) is 0 Å². The highest BCUT2D eigenvalue weighted by molar-refractivity contribution is 5.76. The van der Waals surface area contributed by atoms with Crippen molar-refractivity contribution in [2.45, 2.75) is 0 Å². The molecule has 0 bridgehead atoms. The first-order valence-electron chi connectivity index (χ1n) is 3.09. The number of ether oxygens (including phenoxy) is 1. The van der Waals surface area contributed by atoms with Gasteiger partial charge in [-0.1, -0.05) is 0 Å². The van der Waals surface area contributed by atoms with E-state index in [2.05, 4.69) is 0 Å². The molecule has 0 radical (unpaired) electrons. The number of hydrogen-bond acceptors (Lipinski definition) is 3. The molecule has 1 aromatic carbocycles. The second kappa shape index (κ2) is 3.05. The van der Waals surface area contributed by atoms with Gasteiger partial charge in [0.05, 0.1) is 7.11 Å². The fraction of sp³-hybridized carbons (Fsp3) is 0.125. The van der Waals surface area contributed by atoms with Crippen LogP contribution in [0.3, 0.4) is 0 Å². The normalized spacial score (nSPS) is 9.18. The molecular formula is C8H8O3. The van der Waals surface area contributed by atoms with E-state index in [4.69, 9.17) is 9.84 Å². The number of carbonyl (C=O) groups is 1. The van der Waals surface area contributed by atoms with Gasteiger partial charge in [0.25, 0.3) is 0 Å². The zero-order chi connectivity index (χ0) is 8.27. The van der Waals surface area contributed by atoms with Gasteiger partial charge >= 0.3 is 0 Å². The number of methoxy groups -OCH3 is 1. The first-order valence-corrected chi connectivity index (χ1v) is 3.09. The van der Waals surface area contributed by atoms with Crippen molar-refractivity contribution in [2.24, 2.45) is 0 Å². The van der Waals surface area contributed by atoms with Crippen LogP contribution in [0.25, 0.3) is 0 Å². The molecule has 58 valence electrons. The Morgan fingerprint density at radius 3 is 2.73 bits per heavy atom. The zero-order valence-electron chi connectivity index (χ0n) is 6.07. The highest BCUT2D eigenvalue weighted by atomic mass is 16.5. The van der Waals surface area contributed by atoms with Crippen molar-refractivity contribution in [3.05, 3.63) is 23.8 Å². The van der Waals surface area contributed by atoms with E-state index >= 15 is 0 Å². The molecule has 0 amide bonds. The number of phenolic OH excluding ortho intramolecular Hbond substituents is 1. The Balaban J connectivity index is 3.11. The molecular weight excluding hydrogens is 144 g/mol. The van der Waals surface area contributed by atoms with Crippen LogP contribution in [-0.4, -0.2) is 18.5 Å². The van der Waals surface area contributed by atoms with Crippen LogP contribution < -0.4 is 4.74 Å². The highest BCUT2D eigenvalue weighted by Crippen LogP contribution is 2.19. The van der Waals surface area contributed by atoms with Crippen LogP contribution in [0.4, 0.5) is 0 Å². The minimum absolute atomic E-state index is 0.0338. The number of aromatic hydroxyl groups is 1. The Morgan fingerprint density at radius 2 is 2.18 bits per heavy atom. The van der Waals surface area contributed by atoms with Gasteiger partial charge in [0.1, 0.15) is 17.8 Å². The number of benzene rings is 1. The van der Waals surface area contributed by atoms with Crippen molar-refractivity contribution >= 4 is 6.29 Å². The molecule has 0 atom stereocenters. The molecule has 0 saturated heterocycles. The summed E-state index contributed by atoms with van der Waals surface area (Å²) < 4.78 is 4.82. The summed E-state index contributed by atoms with van der Waals surface area (Å²) in [5.41, 5.74) is 0.404. The molecule has 0 unspecified atom stereocenters. The minimum atomic E-state index is 0.0338. The average Bonchev–Trinajstić information content (AvgIpc) is 2.03. The van der Waals surface area contributed by atoms with Crippen LogP contribution in [-0.2, 0) is 0 Å². The van der Waals surface area contributed by atoms with E-state index in [9.17, 15) is 4.79 Å². The SMILES string of the molecule is COc1cc(O)cc(C=O)c1. The Labute approximate surface area is 64.2 Å². The third kappa shape index (κ3) is 1.70. The predicted molar refractivity (Wildman–Crippen MR) is 40.0 cm³/mol. The Bertz CT molecular complexity index is 268. The van der Waals surface area contributed by atoms with Crippen LogP contribution in [0.2, 0.25) is 0 Å². The van der Waals surface area contributed by atoms with Gasteiger partial charge < -0.3 is 9.84 Å². The summed E-state index contributed by atoms with van der Waals surface area (Å²) in [6, 6.07) is 4.36. The van der Waals surface area contributed by atoms with Crippen LogP contribution >= 0.6 is 0 Å². The van der Waals surface area contributed by atoms with Crippen molar-refractivity contribution < 1.29 is 14.6 Å². The quantitative estimate of drug-likeness (QED) is 0.648. The van der Waals surface area contributed by atoms with E-state index in [0.717, 1.165) is 0 Å². The van der Waals surface area contributed by atoms with Crippen LogP contribution in [0.15, 0.2) is 18.2 Å². The number of aldehydes is 1. The standard InChI is InChI=1S/C8H8O3/c1-11-8-3-6(5-9)2-7(10)4-8/h2-5,10H,1H3. The topological polar surface area (TPSA) is 46.5 Å². The lowest BCUT2D eigenvalue weighted by Gasteiger charge is -2.00. The van der Waals surface area contributed by atoms with Gasteiger partial charge in [0, 0.05) is 11.6 Å². The number of hydrogen-bond donors (Lipinski definition) is 1. The van der Waals surface area contributed by atoms with Crippen molar-refractivity contribution in [3.8, 4) is 11.5 Å². The first-order chi connectivity index (χ1) is 5.26. The molecule has 0 aromatic heterocycles. The molecule has 0 aliphatic rings. The maximum absolute atomic E-state index is 10.3. The molecule has 0 fully saturated rings. The smallest absolute Gasteiger partial charge is 0.150 e. The lowest BCUT2D eigenvalue weighted by atomic mass is 10.2. The van der Waals surface area contributed by atoms with E-state index in [1.165, 1.54) is 19.2 Å². The van der Waals surface area contributed by atoms with Crippen molar-refractivity contribution in [3.63, 3.8) is 0 Å². The van der Waals surface area contributed by atoms with Gasteiger partial charge in [-0.3, -0.25) is 4.79 Å². The van der Waals surface area contributed by atoms with E-state index < -0.39 is 0 Å². The molecule has 0 spiro atoms. The van der Waals surface area contributed by atoms with Gasteiger partial charge in [-0.05, 0) is 12.1 Å². The van der Waals surface area contributed by atoms with Crippen LogP contribution in [0.1, 0.15) is 10.4 Å². The van der Waals surface area contributed by atoms with Crippen molar-refractivity contribution in [1.82, 2.24) is 0 Å². The molecule has 0 aliphatic carbocycles. The maximum Gasteiger partial charge on any atom is 0.150 e. The fourth-order valence-electron chi connectivity index (χ4n) is 0.792. The zero-order valence-corrected chi connectivity index (χ0v) is 6.07. The Hall–Kier alpha value is -1.51. The lowest BCUT2D eigenvalue weighted by Crippen LogP contribution is -1.85. The molecule has 1 rings (SSSR count). The van der Waals surface area contributed by atoms with E-state index in [1.54, 1.807) is 6.07 Å². The fourth-order valence-corrected chi connectivity index (χ4v) is 0.792. The summed E-state index contributed by atoms with van der Waals surface area (Å²) in [7, 11) is 1.48. The summed E-state index contributed by atoms with van der Waals surface area (Å²) in [4.78, 5) is 10.3. The van der Waals surface area contributed by atoms with Gasteiger partial charge in [0.15, 0.2) is 0 Å². The number of phenols is 1. The molecule has 1 aromatic rings. The summed E-state index contributed by atoms with van der Waals surface area (Å²) in [5.74, 6) is 0.513. The van der Waals surface area contributed by atoms with E-state index in [-0.39, 0.29) is 5.75 Å². The first kappa shape index (κ1) is 7.60. The van der Waals surface area contributed by atoms with Gasteiger partial charge in [-0.15, -0.1) is 0 Å². The second-order valence-electron chi connectivity index (χ2n) is 2.08. The molecule has 0 aliphatic heterocycles. The molecule has 3 heteroatoms. The van der Waals surface area contributed by atoms with Gasteiger partial charge in [-0.2, -0.15) is 0 Å². The largest absolute Gasteiger partial charge is 0.508 e. The van der Waals surface area contributed by atoms with Crippen molar-refractivity contribution in [1.29, 1.82) is 0 Å². The predicted octanol–water partition coefficient (Wildman–Crippen LogP) is 1.21. The summed E-state index contributed by atoms with van der Waals surface area (Å²) >= 11 is 0. The maximum atomic E-state index is 10.3. The summed E-state index contributed by atoms with van der Waals surface area (Å²) in [6.07, 6.45) is 0.655. The number of rotatable bonds is 2. The molecule has 0 saturated carbocycles. The van der Waals surface area contributed by atoms with E-state index in [1.807, 2.05) is 0 Å². The van der Waals surface area contributed by atoms with Gasteiger partial charge in [0.2, 0.25) is 0 Å². The van der Waals surface area contributed by atoms with Crippen LogP contribution in [0, 0.1) is 0 Å². The highest BCUT2D eigenvalue weighted by Gasteiger charge is 1.97. The lowest BCUT2D eigenvalue weighted by molar-refractivity contribution is 0.112. The van der Waals surface area contributed by atoms with Crippen LogP contribution in [0.5, 0.6) is 11.5 Å². The molecule has 3 nitrogen and oxygen atoms in total. The molecule has 11 heavy (non-hydrogen) atoms.